The molecule has 29 heavy (non-hydrogen) atoms. The van der Waals surface area contributed by atoms with E-state index in [0.717, 1.165) is 0 Å². The Kier molecular flexibility index (Phi) is 20.4. The highest BCUT2D eigenvalue weighted by atomic mass is 32.2. The van der Waals surface area contributed by atoms with Crippen LogP contribution >= 0.6 is 11.8 Å². The van der Waals surface area contributed by atoms with Crippen LogP contribution in [0.5, 0.6) is 0 Å². The number of unbranched alkanes of at least 4 members (excludes halogenated alkanes) is 19. The van der Waals surface area contributed by atoms with E-state index in [1.165, 1.54) is 139 Å². The van der Waals surface area contributed by atoms with E-state index in [0.29, 0.717) is 0 Å². The van der Waals surface area contributed by atoms with Crippen molar-refractivity contribution in [1.82, 2.24) is 0 Å². The van der Waals surface area contributed by atoms with Crippen LogP contribution in [0.4, 0.5) is 0 Å². The third-order valence-corrected chi connectivity index (χ3v) is 7.11. The molecule has 0 aliphatic rings. The molecule has 0 aromatic heterocycles. The molecule has 0 nitrogen and oxygen atoms in total. The first-order valence-corrected chi connectivity index (χ1v) is 14.1. The predicted octanol–water partition coefficient (Wildman–Crippen LogP) is 10.6. The monoisotopic (exact) mass is 418 g/mol. The molecule has 0 fully saturated rings. The largest absolute Gasteiger partial charge is 0.126 e. The van der Waals surface area contributed by atoms with Crippen molar-refractivity contribution in [2.24, 2.45) is 0 Å². The number of thioether (sulfide) groups is 1. The van der Waals surface area contributed by atoms with E-state index in [-0.39, 0.29) is 0 Å². The smallest absolute Gasteiger partial charge is 0.00719 e. The summed E-state index contributed by atoms with van der Waals surface area (Å²) in [7, 11) is 0. The molecule has 0 amide bonds. The second-order valence-electron chi connectivity index (χ2n) is 8.88. The van der Waals surface area contributed by atoms with Gasteiger partial charge >= 0.3 is 0 Å². The zero-order chi connectivity index (χ0) is 20.7. The van der Waals surface area contributed by atoms with Crippen LogP contribution in [0, 0.1) is 0 Å². The van der Waals surface area contributed by atoms with Gasteiger partial charge in [-0.15, -0.1) is 11.8 Å². The molecule has 0 saturated heterocycles. The Morgan fingerprint density at radius 2 is 0.793 bits per heavy atom. The van der Waals surface area contributed by atoms with E-state index < -0.39 is 0 Å². The van der Waals surface area contributed by atoms with Gasteiger partial charge in [0, 0.05) is 4.90 Å². The third kappa shape index (κ3) is 19.3. The van der Waals surface area contributed by atoms with Crippen molar-refractivity contribution in [3.8, 4) is 0 Å². The van der Waals surface area contributed by atoms with E-state index in [1.807, 2.05) is 11.8 Å². The fourth-order valence-corrected chi connectivity index (χ4v) is 5.00. The van der Waals surface area contributed by atoms with Gasteiger partial charge in [0.1, 0.15) is 0 Å². The first kappa shape index (κ1) is 26.6. The minimum absolute atomic E-state index is 1.28. The summed E-state index contributed by atoms with van der Waals surface area (Å²) in [6.07, 6.45) is 29.2. The quantitative estimate of drug-likeness (QED) is 0.133. The minimum atomic E-state index is 1.28. The Labute approximate surface area is 188 Å². The fraction of sp³-hybridized carbons (Fsp3) is 0.786. The summed E-state index contributed by atoms with van der Waals surface area (Å²) in [5.74, 6) is 1.28. The molecular weight excluding hydrogens is 368 g/mol. The van der Waals surface area contributed by atoms with Gasteiger partial charge < -0.3 is 0 Å². The number of hydrogen-bond acceptors (Lipinski definition) is 1. The molecule has 1 heteroatoms. The maximum atomic E-state index is 2.30. The van der Waals surface area contributed by atoms with Gasteiger partial charge in [0.25, 0.3) is 0 Å². The summed E-state index contributed by atoms with van der Waals surface area (Å²) in [6, 6.07) is 10.8. The average molecular weight is 419 g/mol. The van der Waals surface area contributed by atoms with E-state index in [9.17, 15) is 0 Å². The second-order valence-corrected chi connectivity index (χ2v) is 10.0. The molecule has 1 aromatic carbocycles. The first-order chi connectivity index (χ1) is 14.4. The van der Waals surface area contributed by atoms with Gasteiger partial charge in [0.15, 0.2) is 0 Å². The van der Waals surface area contributed by atoms with Crippen LogP contribution in [0.15, 0.2) is 35.2 Å². The van der Waals surface area contributed by atoms with Gasteiger partial charge in [-0.25, -0.2) is 0 Å². The van der Waals surface area contributed by atoms with Crippen LogP contribution in [0.2, 0.25) is 0 Å². The first-order valence-electron chi connectivity index (χ1n) is 13.1. The second kappa shape index (κ2) is 22.3. The van der Waals surface area contributed by atoms with Crippen molar-refractivity contribution < 1.29 is 0 Å². The lowest BCUT2D eigenvalue weighted by Crippen LogP contribution is -1.85. The van der Waals surface area contributed by atoms with Crippen LogP contribution in [0.25, 0.3) is 0 Å². The summed E-state index contributed by atoms with van der Waals surface area (Å²) >= 11 is 2.01. The van der Waals surface area contributed by atoms with E-state index in [2.05, 4.69) is 37.3 Å². The van der Waals surface area contributed by atoms with Crippen molar-refractivity contribution >= 4 is 11.8 Å². The molecule has 0 unspecified atom stereocenters. The maximum Gasteiger partial charge on any atom is 0.00719 e. The van der Waals surface area contributed by atoms with E-state index in [4.69, 9.17) is 0 Å². The third-order valence-electron chi connectivity index (χ3n) is 6.01. The molecule has 0 heterocycles. The molecule has 0 saturated carbocycles. The normalized spacial score (nSPS) is 11.2. The maximum absolute atomic E-state index is 2.30. The minimum Gasteiger partial charge on any atom is -0.126 e. The van der Waals surface area contributed by atoms with Crippen LogP contribution in [0.3, 0.4) is 0 Å². The van der Waals surface area contributed by atoms with Crippen molar-refractivity contribution in [2.45, 2.75) is 140 Å². The Hall–Kier alpha value is -0.430. The Balaban J connectivity index is 1.66. The lowest BCUT2D eigenvalue weighted by atomic mass is 10.0. The van der Waals surface area contributed by atoms with Gasteiger partial charge in [-0.05, 0) is 24.3 Å². The van der Waals surface area contributed by atoms with Crippen molar-refractivity contribution in [2.75, 3.05) is 5.75 Å². The molecule has 0 aliphatic carbocycles. The van der Waals surface area contributed by atoms with E-state index >= 15 is 0 Å². The van der Waals surface area contributed by atoms with Crippen LogP contribution in [-0.2, 0) is 0 Å². The van der Waals surface area contributed by atoms with Crippen molar-refractivity contribution in [3.05, 3.63) is 30.3 Å². The zero-order valence-electron chi connectivity index (χ0n) is 19.6. The molecule has 1 rings (SSSR count). The van der Waals surface area contributed by atoms with Crippen molar-refractivity contribution in [1.29, 1.82) is 0 Å². The summed E-state index contributed by atoms with van der Waals surface area (Å²) in [6.45, 7) is 2.30. The lowest BCUT2D eigenvalue weighted by molar-refractivity contribution is 0.523. The van der Waals surface area contributed by atoms with Crippen LogP contribution in [0.1, 0.15) is 135 Å². The van der Waals surface area contributed by atoms with Crippen molar-refractivity contribution in [3.63, 3.8) is 0 Å². The SMILES string of the molecule is CCCCCCCCCCCCCCCCCCCCCCSc1ccccc1. The summed E-state index contributed by atoms with van der Waals surface area (Å²) in [5.41, 5.74) is 0. The summed E-state index contributed by atoms with van der Waals surface area (Å²) in [4.78, 5) is 1.42. The fourth-order valence-electron chi connectivity index (χ4n) is 4.06. The summed E-state index contributed by atoms with van der Waals surface area (Å²) in [5, 5.41) is 0. The molecule has 168 valence electrons. The van der Waals surface area contributed by atoms with Gasteiger partial charge in [-0.2, -0.15) is 0 Å². The summed E-state index contributed by atoms with van der Waals surface area (Å²) < 4.78 is 0. The van der Waals surface area contributed by atoms with Gasteiger partial charge in [0.05, 0.1) is 0 Å². The zero-order valence-corrected chi connectivity index (χ0v) is 20.5. The highest BCUT2D eigenvalue weighted by Gasteiger charge is 1.96. The topological polar surface area (TPSA) is 0 Å². The molecule has 0 N–H and O–H groups in total. The molecular formula is C28H50S. The van der Waals surface area contributed by atoms with E-state index in [1.54, 1.807) is 0 Å². The van der Waals surface area contributed by atoms with Crippen LogP contribution < -0.4 is 0 Å². The highest BCUT2D eigenvalue weighted by molar-refractivity contribution is 7.99. The Morgan fingerprint density at radius 3 is 1.17 bits per heavy atom. The van der Waals surface area contributed by atoms with Gasteiger partial charge in [-0.1, -0.05) is 147 Å². The van der Waals surface area contributed by atoms with Gasteiger partial charge in [0.2, 0.25) is 0 Å². The predicted molar refractivity (Wildman–Crippen MR) is 135 cm³/mol. The molecule has 0 spiro atoms. The molecule has 0 atom stereocenters. The Bertz CT molecular complexity index is 414. The molecule has 0 aliphatic heterocycles. The molecule has 1 aromatic rings. The Morgan fingerprint density at radius 1 is 0.448 bits per heavy atom. The molecule has 0 bridgehead atoms. The number of benzene rings is 1. The lowest BCUT2D eigenvalue weighted by Gasteiger charge is -2.04. The highest BCUT2D eigenvalue weighted by Crippen LogP contribution is 2.19. The van der Waals surface area contributed by atoms with Crippen LogP contribution in [-0.4, -0.2) is 5.75 Å². The number of hydrogen-bond donors (Lipinski definition) is 0. The number of rotatable bonds is 22. The van der Waals surface area contributed by atoms with Gasteiger partial charge in [-0.3, -0.25) is 0 Å². The average Bonchev–Trinajstić information content (AvgIpc) is 2.75. The standard InChI is InChI=1S/C28H50S/c1-2-3-4-5-6-7-8-9-10-11-12-13-14-15-16-17-18-19-20-24-27-29-28-25-22-21-23-26-28/h21-23,25-26H,2-20,24,27H2,1H3. The molecule has 0 radical (unpaired) electrons.